The van der Waals surface area contributed by atoms with Crippen LogP contribution in [0.25, 0.3) is 0 Å². The number of anilines is 2. The maximum absolute atomic E-state index is 11.9. The first-order valence-electron chi connectivity index (χ1n) is 5.54. The van der Waals surface area contributed by atoms with Gasteiger partial charge in [-0.25, -0.2) is 0 Å². The van der Waals surface area contributed by atoms with Gasteiger partial charge in [-0.1, -0.05) is 12.1 Å². The van der Waals surface area contributed by atoms with E-state index in [0.29, 0.717) is 24.6 Å². The quantitative estimate of drug-likeness (QED) is 0.749. The molecule has 1 aromatic carbocycles. The average Bonchev–Trinajstić information content (AvgIpc) is 2.35. The van der Waals surface area contributed by atoms with Crippen LogP contribution < -0.4 is 11.1 Å². The first-order valence-corrected chi connectivity index (χ1v) is 5.54. The molecule has 1 fully saturated rings. The van der Waals surface area contributed by atoms with Crippen LogP contribution in [0.5, 0.6) is 0 Å². The Morgan fingerprint density at radius 2 is 2.29 bits per heavy atom. The van der Waals surface area contributed by atoms with E-state index in [0.717, 1.165) is 5.56 Å². The minimum absolute atomic E-state index is 0.217. The Balaban J connectivity index is 2.07. The molecule has 0 bridgehead atoms. The minimum Gasteiger partial charge on any atom is -0.397 e. The number of benzene rings is 1. The molecule has 0 aromatic heterocycles. The van der Waals surface area contributed by atoms with Crippen LogP contribution in [-0.4, -0.2) is 31.8 Å². The van der Waals surface area contributed by atoms with Crippen molar-refractivity contribution < 1.29 is 14.3 Å². The summed E-state index contributed by atoms with van der Waals surface area (Å²) in [6.45, 7) is 3.17. The molecule has 0 spiro atoms. The molecule has 1 saturated heterocycles. The smallest absolute Gasteiger partial charge is 0.255 e. The Kier molecular flexibility index (Phi) is 3.61. The van der Waals surface area contributed by atoms with E-state index >= 15 is 0 Å². The zero-order valence-electron chi connectivity index (χ0n) is 9.73. The lowest BCUT2D eigenvalue weighted by Crippen LogP contribution is -2.39. The van der Waals surface area contributed by atoms with E-state index in [9.17, 15) is 4.79 Å². The van der Waals surface area contributed by atoms with Crippen molar-refractivity contribution >= 4 is 17.3 Å². The number of hydrogen-bond donors (Lipinski definition) is 2. The maximum atomic E-state index is 11.9. The average molecular weight is 236 g/mol. The molecule has 1 aliphatic heterocycles. The fourth-order valence-electron chi connectivity index (χ4n) is 1.70. The van der Waals surface area contributed by atoms with Crippen LogP contribution in [0.2, 0.25) is 0 Å². The largest absolute Gasteiger partial charge is 0.397 e. The highest BCUT2D eigenvalue weighted by Gasteiger charge is 2.23. The van der Waals surface area contributed by atoms with Crippen LogP contribution >= 0.6 is 0 Å². The van der Waals surface area contributed by atoms with E-state index in [1.54, 1.807) is 6.07 Å². The number of nitrogen functional groups attached to an aromatic ring is 1. The number of carbonyl (C=O) groups excluding carboxylic acids is 1. The second kappa shape index (κ2) is 5.16. The molecule has 1 aromatic rings. The number of rotatable bonds is 2. The molecule has 5 heteroatoms. The van der Waals surface area contributed by atoms with Crippen LogP contribution in [-0.2, 0) is 14.3 Å². The standard InChI is InChI=1S/C12H16N2O3/c1-8-3-2-4-9(13)11(8)14-12(15)10-7-16-5-6-17-10/h2-4,10H,5-7,13H2,1H3,(H,14,15). The van der Waals surface area contributed by atoms with Gasteiger partial charge in [0.1, 0.15) is 0 Å². The SMILES string of the molecule is Cc1cccc(N)c1NC(=O)C1COCCO1. The van der Waals surface area contributed by atoms with Gasteiger partial charge in [0.2, 0.25) is 0 Å². The topological polar surface area (TPSA) is 73.6 Å². The number of carbonyl (C=O) groups is 1. The van der Waals surface area contributed by atoms with Gasteiger partial charge in [0.05, 0.1) is 31.2 Å². The molecule has 92 valence electrons. The van der Waals surface area contributed by atoms with Crippen LogP contribution in [0.3, 0.4) is 0 Å². The predicted octanol–water partition coefficient (Wildman–Crippen LogP) is 0.931. The summed E-state index contributed by atoms with van der Waals surface area (Å²) in [7, 11) is 0. The second-order valence-corrected chi connectivity index (χ2v) is 3.96. The number of aryl methyl sites for hydroxylation is 1. The third-order valence-electron chi connectivity index (χ3n) is 2.66. The lowest BCUT2D eigenvalue weighted by atomic mass is 10.1. The maximum Gasteiger partial charge on any atom is 0.255 e. The van der Waals surface area contributed by atoms with Crippen molar-refractivity contribution in [1.29, 1.82) is 0 Å². The van der Waals surface area contributed by atoms with Crippen molar-refractivity contribution in [3.63, 3.8) is 0 Å². The summed E-state index contributed by atoms with van der Waals surface area (Å²) in [5, 5.41) is 2.78. The zero-order chi connectivity index (χ0) is 12.3. The van der Waals surface area contributed by atoms with Gasteiger partial charge in [-0.05, 0) is 18.6 Å². The second-order valence-electron chi connectivity index (χ2n) is 3.96. The van der Waals surface area contributed by atoms with Crippen LogP contribution in [0.4, 0.5) is 11.4 Å². The molecule has 0 saturated carbocycles. The molecule has 3 N–H and O–H groups in total. The van der Waals surface area contributed by atoms with E-state index in [4.69, 9.17) is 15.2 Å². The van der Waals surface area contributed by atoms with Gasteiger partial charge < -0.3 is 20.5 Å². The van der Waals surface area contributed by atoms with Crippen molar-refractivity contribution in [1.82, 2.24) is 0 Å². The highest BCUT2D eigenvalue weighted by Crippen LogP contribution is 2.22. The lowest BCUT2D eigenvalue weighted by molar-refractivity contribution is -0.142. The summed E-state index contributed by atoms with van der Waals surface area (Å²) in [5.74, 6) is -0.217. The van der Waals surface area contributed by atoms with Crippen molar-refractivity contribution in [3.05, 3.63) is 23.8 Å². The number of amides is 1. The first kappa shape index (κ1) is 11.9. The molecule has 2 rings (SSSR count). The molecule has 1 amide bonds. The fraction of sp³-hybridized carbons (Fsp3) is 0.417. The van der Waals surface area contributed by atoms with E-state index in [-0.39, 0.29) is 12.5 Å². The zero-order valence-corrected chi connectivity index (χ0v) is 9.73. The summed E-state index contributed by atoms with van der Waals surface area (Å²) in [4.78, 5) is 11.9. The van der Waals surface area contributed by atoms with Crippen molar-refractivity contribution in [2.45, 2.75) is 13.0 Å². The molecule has 0 radical (unpaired) electrons. The third-order valence-corrected chi connectivity index (χ3v) is 2.66. The molecule has 17 heavy (non-hydrogen) atoms. The van der Waals surface area contributed by atoms with E-state index in [1.807, 2.05) is 19.1 Å². The van der Waals surface area contributed by atoms with Crippen LogP contribution in [0.1, 0.15) is 5.56 Å². The normalized spacial score (nSPS) is 19.9. The summed E-state index contributed by atoms with van der Waals surface area (Å²) in [6.07, 6.45) is -0.553. The number of hydrogen-bond acceptors (Lipinski definition) is 4. The number of nitrogens with two attached hydrogens (primary N) is 1. The van der Waals surface area contributed by atoms with Crippen molar-refractivity contribution in [2.24, 2.45) is 0 Å². The van der Waals surface area contributed by atoms with Crippen LogP contribution in [0.15, 0.2) is 18.2 Å². The van der Waals surface area contributed by atoms with Crippen molar-refractivity contribution in [3.8, 4) is 0 Å². The molecule has 1 heterocycles. The van der Waals surface area contributed by atoms with Crippen LogP contribution in [0, 0.1) is 6.92 Å². The van der Waals surface area contributed by atoms with Gasteiger partial charge in [0.25, 0.3) is 5.91 Å². The predicted molar refractivity (Wildman–Crippen MR) is 64.8 cm³/mol. The summed E-state index contributed by atoms with van der Waals surface area (Å²) in [6, 6.07) is 5.49. The van der Waals surface area contributed by atoms with Crippen molar-refractivity contribution in [2.75, 3.05) is 30.9 Å². The highest BCUT2D eigenvalue weighted by molar-refractivity contribution is 5.97. The molecular weight excluding hydrogens is 220 g/mol. The Hall–Kier alpha value is -1.59. The number of para-hydroxylation sites is 1. The molecule has 1 aliphatic rings. The van der Waals surface area contributed by atoms with Gasteiger partial charge in [-0.2, -0.15) is 0 Å². The monoisotopic (exact) mass is 236 g/mol. The third kappa shape index (κ3) is 2.75. The molecule has 5 nitrogen and oxygen atoms in total. The Morgan fingerprint density at radius 1 is 1.47 bits per heavy atom. The first-order chi connectivity index (χ1) is 8.18. The summed E-state index contributed by atoms with van der Waals surface area (Å²) >= 11 is 0. The fourth-order valence-corrected chi connectivity index (χ4v) is 1.70. The Labute approximate surface area is 99.9 Å². The highest BCUT2D eigenvalue weighted by atomic mass is 16.6. The van der Waals surface area contributed by atoms with E-state index < -0.39 is 6.10 Å². The minimum atomic E-state index is -0.553. The number of ether oxygens (including phenoxy) is 2. The van der Waals surface area contributed by atoms with Gasteiger partial charge in [0, 0.05) is 0 Å². The van der Waals surface area contributed by atoms with Gasteiger partial charge in [-0.15, -0.1) is 0 Å². The number of nitrogens with one attached hydrogen (secondary N) is 1. The molecule has 1 atom stereocenters. The molecule has 0 aliphatic carbocycles. The molecule has 1 unspecified atom stereocenters. The molecular formula is C12H16N2O3. The van der Waals surface area contributed by atoms with Gasteiger partial charge in [0.15, 0.2) is 6.10 Å². The van der Waals surface area contributed by atoms with Gasteiger partial charge in [-0.3, -0.25) is 4.79 Å². The summed E-state index contributed by atoms with van der Waals surface area (Å²) < 4.78 is 10.5. The summed E-state index contributed by atoms with van der Waals surface area (Å²) in [5.41, 5.74) is 7.93. The lowest BCUT2D eigenvalue weighted by Gasteiger charge is -2.22. The Morgan fingerprint density at radius 3 is 2.94 bits per heavy atom. The Bertz CT molecular complexity index is 394. The van der Waals surface area contributed by atoms with E-state index in [2.05, 4.69) is 5.32 Å². The van der Waals surface area contributed by atoms with E-state index in [1.165, 1.54) is 0 Å². The van der Waals surface area contributed by atoms with Gasteiger partial charge >= 0.3 is 0 Å².